The lowest BCUT2D eigenvalue weighted by atomic mass is 10.1. The van der Waals surface area contributed by atoms with E-state index in [9.17, 15) is 9.18 Å². The maximum absolute atomic E-state index is 13.4. The van der Waals surface area contributed by atoms with Crippen molar-refractivity contribution in [2.24, 2.45) is 0 Å². The van der Waals surface area contributed by atoms with Gasteiger partial charge in [-0.25, -0.2) is 9.37 Å². The largest absolute Gasteiger partial charge is 0.361 e. The Morgan fingerprint density at radius 1 is 1.03 bits per heavy atom. The molecule has 6 rings (SSSR count). The number of nitrogens with zero attached hydrogens (tertiary/aromatic N) is 6. The van der Waals surface area contributed by atoms with Crippen molar-refractivity contribution in [3.8, 4) is 11.1 Å². The predicted molar refractivity (Wildman–Crippen MR) is 122 cm³/mol. The number of aromatic nitrogens is 7. The molecule has 0 spiro atoms. The molecule has 0 bridgehead atoms. The molecule has 6 aromatic rings. The highest BCUT2D eigenvalue weighted by Crippen LogP contribution is 2.27. The zero-order valence-corrected chi connectivity index (χ0v) is 17.7. The van der Waals surface area contributed by atoms with Gasteiger partial charge in [0.15, 0.2) is 16.8 Å². The Morgan fingerprint density at radius 2 is 1.85 bits per heavy atom. The number of nitrogens with one attached hydrogen (secondary N) is 1. The molecule has 162 valence electrons. The fraction of sp³-hybridized carbons (Fsp3) is 0.125. The van der Waals surface area contributed by atoms with E-state index in [4.69, 9.17) is 0 Å². The number of H-pyrrole nitrogens is 1. The van der Waals surface area contributed by atoms with Crippen LogP contribution in [0.5, 0.6) is 0 Å². The van der Waals surface area contributed by atoms with Gasteiger partial charge in [-0.1, -0.05) is 30.3 Å². The Morgan fingerprint density at radius 3 is 2.70 bits per heavy atom. The van der Waals surface area contributed by atoms with Gasteiger partial charge in [-0.05, 0) is 42.7 Å². The van der Waals surface area contributed by atoms with Crippen LogP contribution in [0.25, 0.3) is 38.8 Å². The average molecular weight is 439 g/mol. The molecular weight excluding hydrogens is 421 g/mol. The minimum atomic E-state index is -0.320. The molecule has 0 aliphatic heterocycles. The van der Waals surface area contributed by atoms with Crippen molar-refractivity contribution in [1.82, 2.24) is 34.3 Å². The normalized spacial score (nSPS) is 11.7. The molecule has 0 aliphatic rings. The highest BCUT2D eigenvalue weighted by atomic mass is 19.1. The SMILES string of the molecule is Cc1nn2c(nnc3c(=O)n(CCc4c[nH]c5ccccc45)cnc32)c1-c1ccc(F)cc1. The number of benzene rings is 2. The topological polar surface area (TPSA) is 93.8 Å². The van der Waals surface area contributed by atoms with Gasteiger partial charge in [-0.15, -0.1) is 10.2 Å². The van der Waals surface area contributed by atoms with Crippen LogP contribution >= 0.6 is 0 Å². The molecule has 4 aromatic heterocycles. The van der Waals surface area contributed by atoms with Gasteiger partial charge >= 0.3 is 0 Å². The number of para-hydroxylation sites is 1. The highest BCUT2D eigenvalue weighted by Gasteiger charge is 2.18. The van der Waals surface area contributed by atoms with Crippen LogP contribution in [0.15, 0.2) is 65.8 Å². The summed E-state index contributed by atoms with van der Waals surface area (Å²) in [6, 6.07) is 14.2. The Labute approximate surface area is 186 Å². The zero-order valence-electron chi connectivity index (χ0n) is 17.7. The standard InChI is InChI=1S/C24H18FN7O/c1-14-20(15-6-8-17(25)9-7-15)22-29-28-21-23(32(22)30-14)27-13-31(24(21)33)11-10-16-12-26-19-5-3-2-4-18(16)19/h2-9,12-13,26H,10-11H2,1H3. The second-order valence-electron chi connectivity index (χ2n) is 7.93. The van der Waals surface area contributed by atoms with Crippen molar-refractivity contribution in [1.29, 1.82) is 0 Å². The molecule has 0 aliphatic carbocycles. The van der Waals surface area contributed by atoms with Crippen LogP contribution in [0.4, 0.5) is 4.39 Å². The van der Waals surface area contributed by atoms with Gasteiger partial charge in [0, 0.05) is 23.6 Å². The lowest BCUT2D eigenvalue weighted by Gasteiger charge is -2.06. The molecule has 0 atom stereocenters. The van der Waals surface area contributed by atoms with Crippen LogP contribution in [-0.4, -0.2) is 34.3 Å². The summed E-state index contributed by atoms with van der Waals surface area (Å²) in [6.07, 6.45) is 4.16. The second-order valence-corrected chi connectivity index (χ2v) is 7.93. The van der Waals surface area contributed by atoms with Crippen LogP contribution in [0.2, 0.25) is 0 Å². The monoisotopic (exact) mass is 439 g/mol. The fourth-order valence-corrected chi connectivity index (χ4v) is 4.26. The van der Waals surface area contributed by atoms with Gasteiger partial charge in [-0.2, -0.15) is 9.61 Å². The summed E-state index contributed by atoms with van der Waals surface area (Å²) in [4.78, 5) is 20.9. The van der Waals surface area contributed by atoms with E-state index in [1.807, 2.05) is 31.3 Å². The molecule has 0 saturated heterocycles. The third-order valence-electron chi connectivity index (χ3n) is 5.91. The van der Waals surface area contributed by atoms with Crippen molar-refractivity contribution >= 4 is 27.7 Å². The minimum absolute atomic E-state index is 0.150. The molecule has 0 unspecified atom stereocenters. The molecule has 33 heavy (non-hydrogen) atoms. The molecule has 0 radical (unpaired) electrons. The number of halogens is 1. The Bertz CT molecular complexity index is 1710. The summed E-state index contributed by atoms with van der Waals surface area (Å²) in [5.41, 5.74) is 5.07. The molecular formula is C24H18FN7O. The first-order valence-corrected chi connectivity index (χ1v) is 10.5. The van der Waals surface area contributed by atoms with Crippen molar-refractivity contribution in [3.05, 3.63) is 88.5 Å². The van der Waals surface area contributed by atoms with E-state index in [1.165, 1.54) is 23.0 Å². The number of aromatic amines is 1. The third-order valence-corrected chi connectivity index (χ3v) is 5.91. The molecule has 0 saturated carbocycles. The second kappa shape index (κ2) is 7.33. The molecule has 2 aromatic carbocycles. The third kappa shape index (κ3) is 3.08. The first-order valence-electron chi connectivity index (χ1n) is 10.5. The van der Waals surface area contributed by atoms with E-state index < -0.39 is 0 Å². The number of aryl methyl sites for hydroxylation is 3. The van der Waals surface area contributed by atoms with E-state index >= 15 is 0 Å². The molecule has 0 amide bonds. The summed E-state index contributed by atoms with van der Waals surface area (Å²) < 4.78 is 16.4. The Hall–Kier alpha value is -4.40. The molecule has 1 N–H and O–H groups in total. The lowest BCUT2D eigenvalue weighted by molar-refractivity contribution is 0.628. The molecule has 4 heterocycles. The van der Waals surface area contributed by atoms with Gasteiger partial charge in [0.25, 0.3) is 5.56 Å². The fourth-order valence-electron chi connectivity index (χ4n) is 4.26. The van der Waals surface area contributed by atoms with Gasteiger partial charge < -0.3 is 4.98 Å². The smallest absolute Gasteiger partial charge is 0.283 e. The van der Waals surface area contributed by atoms with E-state index in [0.717, 1.165) is 27.6 Å². The summed E-state index contributed by atoms with van der Waals surface area (Å²) in [5, 5.41) is 14.2. The van der Waals surface area contributed by atoms with E-state index in [-0.39, 0.29) is 16.9 Å². The first-order chi connectivity index (χ1) is 16.1. The summed E-state index contributed by atoms with van der Waals surface area (Å²) in [5.74, 6) is -0.320. The summed E-state index contributed by atoms with van der Waals surface area (Å²) in [6.45, 7) is 2.30. The number of rotatable bonds is 4. The summed E-state index contributed by atoms with van der Waals surface area (Å²) in [7, 11) is 0. The van der Waals surface area contributed by atoms with Crippen LogP contribution in [0.1, 0.15) is 11.3 Å². The van der Waals surface area contributed by atoms with Crippen molar-refractivity contribution in [2.75, 3.05) is 0 Å². The molecule has 0 fully saturated rings. The maximum atomic E-state index is 13.4. The Balaban J connectivity index is 1.40. The van der Waals surface area contributed by atoms with E-state index in [0.29, 0.717) is 30.0 Å². The van der Waals surface area contributed by atoms with E-state index in [2.05, 4.69) is 31.3 Å². The highest BCUT2D eigenvalue weighted by molar-refractivity contribution is 5.84. The Kier molecular flexibility index (Phi) is 4.29. The quantitative estimate of drug-likeness (QED) is 0.452. The first kappa shape index (κ1) is 19.3. The van der Waals surface area contributed by atoms with Crippen molar-refractivity contribution in [2.45, 2.75) is 19.9 Å². The van der Waals surface area contributed by atoms with Crippen molar-refractivity contribution in [3.63, 3.8) is 0 Å². The molecule has 8 nitrogen and oxygen atoms in total. The number of hydrogen-bond acceptors (Lipinski definition) is 5. The van der Waals surface area contributed by atoms with Crippen LogP contribution in [0.3, 0.4) is 0 Å². The molecule has 9 heteroatoms. The van der Waals surface area contributed by atoms with Gasteiger partial charge in [0.2, 0.25) is 0 Å². The predicted octanol–water partition coefficient (Wildman–Crippen LogP) is 3.67. The van der Waals surface area contributed by atoms with Crippen LogP contribution in [0, 0.1) is 12.7 Å². The van der Waals surface area contributed by atoms with Crippen LogP contribution in [-0.2, 0) is 13.0 Å². The van der Waals surface area contributed by atoms with Gasteiger partial charge in [0.05, 0.1) is 11.3 Å². The maximum Gasteiger partial charge on any atom is 0.283 e. The lowest BCUT2D eigenvalue weighted by Crippen LogP contribution is -2.23. The van der Waals surface area contributed by atoms with Crippen molar-refractivity contribution < 1.29 is 4.39 Å². The zero-order chi connectivity index (χ0) is 22.5. The van der Waals surface area contributed by atoms with Crippen LogP contribution < -0.4 is 5.56 Å². The van der Waals surface area contributed by atoms with Gasteiger partial charge in [-0.3, -0.25) is 9.36 Å². The summed E-state index contributed by atoms with van der Waals surface area (Å²) >= 11 is 0. The van der Waals surface area contributed by atoms with Gasteiger partial charge in [0.1, 0.15) is 12.1 Å². The number of hydrogen-bond donors (Lipinski definition) is 1. The van der Waals surface area contributed by atoms with E-state index in [1.54, 1.807) is 16.7 Å². The number of fused-ring (bicyclic) bond motifs is 4. The minimum Gasteiger partial charge on any atom is -0.361 e. The average Bonchev–Trinajstić information content (AvgIpc) is 3.39.